The molecule has 4 amide bonds. The Morgan fingerprint density at radius 3 is 2.53 bits per heavy atom. The number of hydrogen-bond donors (Lipinski definition) is 3. The minimum atomic E-state index is -1.33. The van der Waals surface area contributed by atoms with Gasteiger partial charge in [0.1, 0.15) is 5.75 Å². The van der Waals surface area contributed by atoms with Crippen molar-refractivity contribution >= 4 is 79.2 Å². The summed E-state index contributed by atoms with van der Waals surface area (Å²) in [4.78, 5) is 64.1. The molecule has 0 aromatic heterocycles. The van der Waals surface area contributed by atoms with Crippen LogP contribution in [0.25, 0.3) is 0 Å². The van der Waals surface area contributed by atoms with Crippen molar-refractivity contribution in [3.63, 3.8) is 0 Å². The lowest BCUT2D eigenvalue weighted by Gasteiger charge is -2.37. The number of anilines is 1. The number of amides is 4. The van der Waals surface area contributed by atoms with Crippen molar-refractivity contribution in [2.24, 2.45) is 15.0 Å². The normalized spacial score (nSPS) is 14.8. The van der Waals surface area contributed by atoms with Gasteiger partial charge in [-0.25, -0.2) is 14.6 Å². The molecule has 0 saturated carbocycles. The maximum Gasteiger partial charge on any atom is 0.410 e. The quantitative estimate of drug-likeness (QED) is 0.244. The molecule has 2 aromatic carbocycles. The van der Waals surface area contributed by atoms with Gasteiger partial charge in [-0.3, -0.25) is 9.59 Å². The Kier molecular flexibility index (Phi) is 12.9. The van der Waals surface area contributed by atoms with Gasteiger partial charge >= 0.3 is 18.1 Å². The third-order valence-electron chi connectivity index (χ3n) is 7.31. The van der Waals surface area contributed by atoms with Crippen LogP contribution in [0.5, 0.6) is 5.75 Å². The maximum atomic E-state index is 13.2. The predicted molar refractivity (Wildman–Crippen MR) is 180 cm³/mol. The zero-order chi connectivity index (χ0) is 33.8. The van der Waals surface area contributed by atoms with Gasteiger partial charge in [0.15, 0.2) is 6.10 Å². The topological polar surface area (TPSA) is 174 Å². The highest BCUT2D eigenvalue weighted by Gasteiger charge is 2.33. The summed E-state index contributed by atoms with van der Waals surface area (Å²) in [5, 5.41) is 21.6. The molecule has 0 bridgehead atoms. The molecule has 2 aliphatic rings. The maximum absolute atomic E-state index is 13.2. The Hall–Kier alpha value is -4.73. The van der Waals surface area contributed by atoms with Gasteiger partial charge in [-0.2, -0.15) is 9.98 Å². The molecule has 244 valence electrons. The lowest BCUT2D eigenvalue weighted by Crippen LogP contribution is -2.50. The van der Waals surface area contributed by atoms with Crippen LogP contribution in [-0.2, 0) is 27.2 Å². The van der Waals surface area contributed by atoms with Crippen molar-refractivity contribution in [3.8, 4) is 5.75 Å². The molecule has 0 spiro atoms. The van der Waals surface area contributed by atoms with E-state index in [1.54, 1.807) is 12.1 Å². The lowest BCUT2D eigenvalue weighted by molar-refractivity contribution is -0.136. The van der Waals surface area contributed by atoms with Crippen molar-refractivity contribution in [2.45, 2.75) is 44.2 Å². The number of carboxylic acids is 1. The Balaban J connectivity index is 1.41. The number of aliphatic carboxylic acids is 1. The number of benzene rings is 2. The van der Waals surface area contributed by atoms with Gasteiger partial charge in [0, 0.05) is 43.7 Å². The van der Waals surface area contributed by atoms with Crippen molar-refractivity contribution < 1.29 is 34.1 Å². The van der Waals surface area contributed by atoms with Gasteiger partial charge in [0.2, 0.25) is 0 Å². The van der Waals surface area contributed by atoms with E-state index in [-0.39, 0.29) is 37.2 Å². The number of likely N-dealkylation sites (tertiary alicyclic amines) is 1. The first kappa shape index (κ1) is 35.1. The van der Waals surface area contributed by atoms with E-state index in [4.69, 9.17) is 9.84 Å². The van der Waals surface area contributed by atoms with E-state index in [9.17, 15) is 24.3 Å². The smallest absolute Gasteiger partial charge is 0.410 e. The highest BCUT2D eigenvalue weighted by Crippen LogP contribution is 2.34. The zero-order valence-corrected chi connectivity index (χ0v) is 28.2. The van der Waals surface area contributed by atoms with Crippen LogP contribution in [0.15, 0.2) is 72.3 Å². The summed E-state index contributed by atoms with van der Waals surface area (Å²) in [6.45, 7) is 1.26. The number of fused-ring (bicyclic) bond motifs is 1. The average molecular weight is 770 g/mol. The number of nitrogens with one attached hydrogen (secondary N) is 1. The van der Waals surface area contributed by atoms with Crippen molar-refractivity contribution in [1.29, 1.82) is 0 Å². The number of para-hydroxylation sites is 1. The van der Waals surface area contributed by atoms with Crippen LogP contribution in [0.2, 0.25) is 0 Å². The summed E-state index contributed by atoms with van der Waals surface area (Å²) in [5.74, 6) is 5.10. The van der Waals surface area contributed by atoms with Crippen LogP contribution in [-0.4, -0.2) is 99.9 Å². The van der Waals surface area contributed by atoms with E-state index in [0.717, 1.165) is 23.9 Å². The van der Waals surface area contributed by atoms with Crippen molar-refractivity contribution in [3.05, 3.63) is 68.4 Å². The number of nitrogens with zero attached hydrogens (tertiary/aromatic N) is 5. The third-order valence-corrected chi connectivity index (χ3v) is 8.52. The zero-order valence-electron chi connectivity index (χ0n) is 25.0. The SMILES string of the molecule is O=C(O)CCN=C=C=CN=C=C=NC(=O)[C@@H](Cc1cc(Br)c(O)c(Br)c1)OC(=O)N1CCC(N2CCc3ccccc3NC2=O)CC1. The lowest BCUT2D eigenvalue weighted by atomic mass is 10.0. The van der Waals surface area contributed by atoms with Gasteiger partial charge in [-0.15, -0.1) is 0 Å². The number of aliphatic imine (C=N–C) groups is 3. The number of carbonyl (C=O) groups excluding carboxylic acids is 3. The summed E-state index contributed by atoms with van der Waals surface area (Å²) >= 11 is 6.53. The molecule has 4 rings (SSSR count). The summed E-state index contributed by atoms with van der Waals surface area (Å²) in [6, 6.07) is 10.7. The highest BCUT2D eigenvalue weighted by atomic mass is 79.9. The molecule has 1 fully saturated rings. The summed E-state index contributed by atoms with van der Waals surface area (Å²) in [6.07, 6.45) is 0.710. The van der Waals surface area contributed by atoms with E-state index in [1.165, 1.54) is 4.90 Å². The van der Waals surface area contributed by atoms with Crippen LogP contribution in [0.1, 0.15) is 30.4 Å². The van der Waals surface area contributed by atoms with E-state index in [0.29, 0.717) is 47.0 Å². The summed E-state index contributed by atoms with van der Waals surface area (Å²) < 4.78 is 6.41. The first-order valence-electron chi connectivity index (χ1n) is 14.5. The standard InChI is InChI=1S/C32H30Br2N6O7/c33-24-18-21(19-25(34)29(24)43)20-27(30(44)37-14-13-36-11-3-10-35-12-6-28(41)42)47-32(46)39-15-8-23(9-16-39)40-17-7-22-4-1-2-5-26(22)38-31(40)45/h1-2,4-5,11,18-19,23,27,43H,6-9,12,15-17,20H2,(H,38,45)(H,41,42)/t27-/m1/s1. The number of halogens is 2. The molecule has 1 saturated heterocycles. The van der Waals surface area contributed by atoms with E-state index < -0.39 is 24.1 Å². The number of phenols is 1. The Bertz CT molecular complexity index is 1710. The number of rotatable bonds is 9. The molecule has 0 aliphatic carbocycles. The highest BCUT2D eigenvalue weighted by molar-refractivity contribution is 9.11. The van der Waals surface area contributed by atoms with Gasteiger partial charge in [0.25, 0.3) is 5.91 Å². The molecule has 15 heteroatoms. The number of aromatic hydroxyl groups is 1. The second-order valence-corrected chi connectivity index (χ2v) is 12.2. The molecule has 2 heterocycles. The Morgan fingerprint density at radius 2 is 1.81 bits per heavy atom. The number of phenolic OH excluding ortho intramolecular Hbond substituents is 1. The van der Waals surface area contributed by atoms with Crippen LogP contribution in [0.4, 0.5) is 15.3 Å². The molecule has 13 nitrogen and oxygen atoms in total. The van der Waals surface area contributed by atoms with E-state index >= 15 is 0 Å². The fraction of sp³-hybridized carbons (Fsp3) is 0.344. The molecular formula is C32H30Br2N6O7. The fourth-order valence-electron chi connectivity index (χ4n) is 4.95. The van der Waals surface area contributed by atoms with Crippen LogP contribution >= 0.6 is 31.9 Å². The molecule has 3 N–H and O–H groups in total. The monoisotopic (exact) mass is 768 g/mol. The van der Waals surface area contributed by atoms with Crippen LogP contribution < -0.4 is 5.32 Å². The number of carbonyl (C=O) groups is 4. The minimum absolute atomic E-state index is 0.0235. The van der Waals surface area contributed by atoms with Gasteiger partial charge in [-0.1, -0.05) is 18.2 Å². The summed E-state index contributed by atoms with van der Waals surface area (Å²) in [5.41, 5.74) is 4.91. The largest absolute Gasteiger partial charge is 0.506 e. The molecule has 47 heavy (non-hydrogen) atoms. The molecule has 2 aliphatic heterocycles. The molecule has 2 aromatic rings. The fourth-order valence-corrected chi connectivity index (χ4v) is 6.23. The second-order valence-electron chi connectivity index (χ2n) is 10.4. The number of carboxylic acid groups (broad SMARTS) is 1. The van der Waals surface area contributed by atoms with Gasteiger partial charge in [-0.05, 0) is 86.2 Å². The van der Waals surface area contributed by atoms with E-state index in [2.05, 4.69) is 75.5 Å². The molecule has 0 radical (unpaired) electrons. The Labute approximate surface area is 287 Å². The van der Waals surface area contributed by atoms with Crippen molar-refractivity contribution in [1.82, 2.24) is 9.80 Å². The summed E-state index contributed by atoms with van der Waals surface area (Å²) in [7, 11) is 0. The second kappa shape index (κ2) is 17.3. The molecule has 0 unspecified atom stereocenters. The predicted octanol–water partition coefficient (Wildman–Crippen LogP) is 4.75. The first-order valence-corrected chi connectivity index (χ1v) is 16.1. The molecule has 1 atom stereocenters. The first-order chi connectivity index (χ1) is 22.6. The van der Waals surface area contributed by atoms with Gasteiger partial charge < -0.3 is 30.1 Å². The van der Waals surface area contributed by atoms with Gasteiger partial charge in [0.05, 0.1) is 39.9 Å². The minimum Gasteiger partial charge on any atom is -0.506 e. The van der Waals surface area contributed by atoms with Crippen LogP contribution in [0, 0.1) is 0 Å². The van der Waals surface area contributed by atoms with E-state index in [1.807, 2.05) is 29.2 Å². The number of urea groups is 1. The number of hydrogen-bond acceptors (Lipinski definition) is 8. The molecular weight excluding hydrogens is 740 g/mol. The third kappa shape index (κ3) is 10.4. The van der Waals surface area contributed by atoms with Crippen LogP contribution in [0.3, 0.4) is 0 Å². The average Bonchev–Trinajstić information content (AvgIpc) is 3.21. The number of ether oxygens (including phenoxy) is 1. The van der Waals surface area contributed by atoms with Crippen molar-refractivity contribution in [2.75, 3.05) is 31.5 Å². The number of piperidine rings is 1. The Morgan fingerprint density at radius 1 is 1.09 bits per heavy atom.